The van der Waals surface area contributed by atoms with Gasteiger partial charge >= 0.3 is 5.97 Å². The molecular weight excluding hydrogens is 250 g/mol. The highest BCUT2D eigenvalue weighted by atomic mass is 16.4. The Hall–Kier alpha value is -1.35. The topological polar surface area (TPSA) is 49.3 Å². The van der Waals surface area contributed by atoms with Crippen molar-refractivity contribution in [2.45, 2.75) is 32.6 Å². The highest BCUT2D eigenvalue weighted by Crippen LogP contribution is 2.46. The summed E-state index contributed by atoms with van der Waals surface area (Å²) in [6.07, 6.45) is 1.97. The number of hydrogen-bond donors (Lipinski definition) is 2. The van der Waals surface area contributed by atoms with Crippen molar-refractivity contribution in [3.05, 3.63) is 35.9 Å². The van der Waals surface area contributed by atoms with Gasteiger partial charge in [0.25, 0.3) is 0 Å². The van der Waals surface area contributed by atoms with Crippen LogP contribution < -0.4 is 5.32 Å². The lowest BCUT2D eigenvalue weighted by Gasteiger charge is -2.15. The van der Waals surface area contributed by atoms with Crippen LogP contribution in [0.4, 0.5) is 0 Å². The van der Waals surface area contributed by atoms with Crippen molar-refractivity contribution in [2.75, 3.05) is 13.1 Å². The molecule has 3 unspecified atom stereocenters. The summed E-state index contributed by atoms with van der Waals surface area (Å²) in [7, 11) is 0. The maximum absolute atomic E-state index is 11.2. The minimum Gasteiger partial charge on any atom is -0.481 e. The molecule has 1 aliphatic carbocycles. The van der Waals surface area contributed by atoms with Gasteiger partial charge in [0.1, 0.15) is 0 Å². The van der Waals surface area contributed by atoms with Crippen molar-refractivity contribution in [3.8, 4) is 0 Å². The van der Waals surface area contributed by atoms with E-state index in [1.165, 1.54) is 12.0 Å². The first-order chi connectivity index (χ1) is 9.58. The number of carboxylic acids is 1. The molecule has 0 aromatic heterocycles. The summed E-state index contributed by atoms with van der Waals surface area (Å²) < 4.78 is 0. The lowest BCUT2D eigenvalue weighted by atomic mass is 9.97. The van der Waals surface area contributed by atoms with Crippen molar-refractivity contribution in [1.82, 2.24) is 5.32 Å². The molecule has 1 aromatic carbocycles. The van der Waals surface area contributed by atoms with Crippen LogP contribution in [0.2, 0.25) is 0 Å². The molecule has 0 bridgehead atoms. The molecule has 1 saturated carbocycles. The molecule has 1 fully saturated rings. The predicted molar refractivity (Wildman–Crippen MR) is 80.7 cm³/mol. The summed E-state index contributed by atoms with van der Waals surface area (Å²) in [5, 5.41) is 12.5. The van der Waals surface area contributed by atoms with E-state index < -0.39 is 5.97 Å². The number of benzene rings is 1. The second-order valence-corrected chi connectivity index (χ2v) is 6.34. The maximum Gasteiger partial charge on any atom is 0.307 e. The van der Waals surface area contributed by atoms with E-state index in [-0.39, 0.29) is 5.92 Å². The lowest BCUT2D eigenvalue weighted by molar-refractivity contribution is -0.142. The van der Waals surface area contributed by atoms with Crippen LogP contribution in [0.15, 0.2) is 30.3 Å². The van der Waals surface area contributed by atoms with Crippen molar-refractivity contribution >= 4 is 5.97 Å². The Bertz CT molecular complexity index is 430. The van der Waals surface area contributed by atoms with Gasteiger partial charge in [-0.3, -0.25) is 4.79 Å². The SMILES string of the molecule is CC(C)CC(CNCC1CC1c1ccccc1)C(=O)O. The zero-order chi connectivity index (χ0) is 14.5. The minimum absolute atomic E-state index is 0.260. The maximum atomic E-state index is 11.2. The summed E-state index contributed by atoms with van der Waals surface area (Å²) >= 11 is 0. The molecule has 3 heteroatoms. The molecule has 20 heavy (non-hydrogen) atoms. The van der Waals surface area contributed by atoms with Gasteiger partial charge in [0.15, 0.2) is 0 Å². The van der Waals surface area contributed by atoms with Gasteiger partial charge in [-0.1, -0.05) is 44.2 Å². The standard InChI is InChI=1S/C17H25NO2/c1-12(2)8-15(17(19)20)11-18-10-14-9-16(14)13-6-4-3-5-7-13/h3-7,12,14-16,18H,8-11H2,1-2H3,(H,19,20). The Morgan fingerprint density at radius 3 is 2.65 bits per heavy atom. The first-order valence-corrected chi connectivity index (χ1v) is 7.56. The predicted octanol–water partition coefficient (Wildman–Crippen LogP) is 3.13. The zero-order valence-electron chi connectivity index (χ0n) is 12.4. The summed E-state index contributed by atoms with van der Waals surface area (Å²) in [4.78, 5) is 11.2. The van der Waals surface area contributed by atoms with E-state index >= 15 is 0 Å². The molecule has 2 rings (SSSR count). The summed E-state index contributed by atoms with van der Waals surface area (Å²) in [5.74, 6) is 0.824. The normalized spacial score (nSPS) is 22.8. The monoisotopic (exact) mass is 275 g/mol. The molecular formula is C17H25NO2. The van der Waals surface area contributed by atoms with Crippen LogP contribution in [-0.4, -0.2) is 24.2 Å². The van der Waals surface area contributed by atoms with E-state index in [4.69, 9.17) is 0 Å². The molecule has 0 saturated heterocycles. The summed E-state index contributed by atoms with van der Waals surface area (Å²) in [6, 6.07) is 10.6. The minimum atomic E-state index is -0.679. The number of rotatable bonds is 8. The third kappa shape index (κ3) is 4.34. The number of hydrogen-bond acceptors (Lipinski definition) is 2. The third-order valence-corrected chi connectivity index (χ3v) is 4.05. The van der Waals surface area contributed by atoms with Crippen LogP contribution in [0.25, 0.3) is 0 Å². The molecule has 1 aromatic rings. The second kappa shape index (κ2) is 6.89. The Kier molecular flexibility index (Phi) is 5.18. The molecule has 0 spiro atoms. The highest BCUT2D eigenvalue weighted by molar-refractivity contribution is 5.70. The van der Waals surface area contributed by atoms with Gasteiger partial charge in [0, 0.05) is 6.54 Å². The molecule has 1 aliphatic rings. The molecule has 0 amide bonds. The fourth-order valence-corrected chi connectivity index (χ4v) is 2.87. The first-order valence-electron chi connectivity index (χ1n) is 7.56. The van der Waals surface area contributed by atoms with E-state index in [9.17, 15) is 9.90 Å². The number of carbonyl (C=O) groups is 1. The van der Waals surface area contributed by atoms with Crippen molar-refractivity contribution in [3.63, 3.8) is 0 Å². The smallest absolute Gasteiger partial charge is 0.307 e. The van der Waals surface area contributed by atoms with Crippen molar-refractivity contribution in [2.24, 2.45) is 17.8 Å². The van der Waals surface area contributed by atoms with Gasteiger partial charge in [-0.15, -0.1) is 0 Å². The van der Waals surface area contributed by atoms with Gasteiger partial charge in [-0.2, -0.15) is 0 Å². The fraction of sp³-hybridized carbons (Fsp3) is 0.588. The van der Waals surface area contributed by atoms with E-state index in [0.29, 0.717) is 24.3 Å². The van der Waals surface area contributed by atoms with Crippen molar-refractivity contribution < 1.29 is 9.90 Å². The van der Waals surface area contributed by atoms with Gasteiger partial charge < -0.3 is 10.4 Å². The number of aliphatic carboxylic acids is 1. The van der Waals surface area contributed by atoms with E-state index in [0.717, 1.165) is 13.0 Å². The molecule has 110 valence electrons. The average Bonchev–Trinajstić information content (AvgIpc) is 3.17. The van der Waals surface area contributed by atoms with E-state index in [1.54, 1.807) is 0 Å². The molecule has 3 nitrogen and oxygen atoms in total. The molecule has 3 atom stereocenters. The Morgan fingerprint density at radius 2 is 2.05 bits per heavy atom. The van der Waals surface area contributed by atoms with Crippen LogP contribution in [0.5, 0.6) is 0 Å². The Morgan fingerprint density at radius 1 is 1.35 bits per heavy atom. The van der Waals surface area contributed by atoms with E-state index in [2.05, 4.69) is 43.4 Å². The van der Waals surface area contributed by atoms with Gasteiger partial charge in [0.2, 0.25) is 0 Å². The number of carboxylic acid groups (broad SMARTS) is 1. The van der Waals surface area contributed by atoms with Gasteiger partial charge in [0.05, 0.1) is 5.92 Å². The van der Waals surface area contributed by atoms with Crippen molar-refractivity contribution in [1.29, 1.82) is 0 Å². The quantitative estimate of drug-likeness (QED) is 0.766. The van der Waals surface area contributed by atoms with Gasteiger partial charge in [-0.25, -0.2) is 0 Å². The third-order valence-electron chi connectivity index (χ3n) is 4.05. The molecule has 2 N–H and O–H groups in total. The van der Waals surface area contributed by atoms with Crippen LogP contribution in [0.1, 0.15) is 38.2 Å². The molecule has 0 aliphatic heterocycles. The van der Waals surface area contributed by atoms with E-state index in [1.807, 2.05) is 6.07 Å². The van der Waals surface area contributed by atoms with Crippen LogP contribution in [0.3, 0.4) is 0 Å². The lowest BCUT2D eigenvalue weighted by Crippen LogP contribution is -2.30. The summed E-state index contributed by atoms with van der Waals surface area (Å²) in [6.45, 7) is 5.66. The fourth-order valence-electron chi connectivity index (χ4n) is 2.87. The summed E-state index contributed by atoms with van der Waals surface area (Å²) in [5.41, 5.74) is 1.41. The first kappa shape index (κ1) is 15.0. The van der Waals surface area contributed by atoms with Gasteiger partial charge in [-0.05, 0) is 42.7 Å². The molecule has 0 heterocycles. The van der Waals surface area contributed by atoms with Crippen LogP contribution in [-0.2, 0) is 4.79 Å². The Labute approximate surface area is 121 Å². The van der Waals surface area contributed by atoms with Crippen LogP contribution in [0, 0.1) is 17.8 Å². The number of nitrogens with one attached hydrogen (secondary N) is 1. The zero-order valence-corrected chi connectivity index (χ0v) is 12.4. The second-order valence-electron chi connectivity index (χ2n) is 6.34. The highest BCUT2D eigenvalue weighted by Gasteiger charge is 2.37. The largest absolute Gasteiger partial charge is 0.481 e. The Balaban J connectivity index is 1.70. The van der Waals surface area contributed by atoms with Crippen LogP contribution >= 0.6 is 0 Å². The molecule has 0 radical (unpaired) electrons. The average molecular weight is 275 g/mol.